The molecule has 3 nitrogen and oxygen atoms in total. The fourth-order valence-corrected chi connectivity index (χ4v) is 13.1. The van der Waals surface area contributed by atoms with E-state index in [0.29, 0.717) is 0 Å². The van der Waals surface area contributed by atoms with E-state index >= 15 is 0 Å². The van der Waals surface area contributed by atoms with Crippen LogP contribution < -0.4 is 20.0 Å². The third-order valence-electron chi connectivity index (χ3n) is 16.3. The highest BCUT2D eigenvalue weighted by atomic mass is 15.2. The van der Waals surface area contributed by atoms with Gasteiger partial charge in [-0.25, -0.2) is 0 Å². The second-order valence-electron chi connectivity index (χ2n) is 20.3. The van der Waals surface area contributed by atoms with Gasteiger partial charge in [-0.2, -0.15) is 0 Å². The predicted molar refractivity (Wildman–Crippen MR) is 323 cm³/mol. The second kappa shape index (κ2) is 18.2. The van der Waals surface area contributed by atoms with Crippen molar-refractivity contribution in [3.8, 4) is 55.6 Å². The first kappa shape index (κ1) is 44.6. The SMILES string of the molecule is c1ccc(-c2cccc(N(c3ccc(-c4ccc(N5B6c7c(cccc7-c7ccccc75)-c5ccccc5N6c5ccccc5)cc4)cc3)c3cccc4c3-c3ccccc3C4(c3ccccc3)c3ccccc3)c2)cc1. The summed E-state index contributed by atoms with van der Waals surface area (Å²) < 4.78 is 0. The smallest absolute Gasteiger partial charge is 0.361 e. The Morgan fingerprint density at radius 1 is 0.299 bits per heavy atom. The number of benzene rings is 12. The zero-order valence-electron chi connectivity index (χ0n) is 42.3. The van der Waals surface area contributed by atoms with Gasteiger partial charge in [-0.15, -0.1) is 0 Å². The molecule has 12 aromatic rings. The molecular formula is C73H50BN3. The molecular weight excluding hydrogens is 930 g/mol. The highest BCUT2D eigenvalue weighted by molar-refractivity contribution is 6.86. The largest absolute Gasteiger partial charge is 0.421 e. The summed E-state index contributed by atoms with van der Waals surface area (Å²) in [7, 11) is 0. The lowest BCUT2D eigenvalue weighted by atomic mass is 9.53. The van der Waals surface area contributed by atoms with Crippen molar-refractivity contribution < 1.29 is 0 Å². The van der Waals surface area contributed by atoms with Crippen LogP contribution in [0.3, 0.4) is 0 Å². The Balaban J connectivity index is 0.860. The molecule has 12 aromatic carbocycles. The first-order chi connectivity index (χ1) is 38.2. The number of anilines is 7. The van der Waals surface area contributed by atoms with Crippen LogP contribution in [0.4, 0.5) is 39.8 Å². The summed E-state index contributed by atoms with van der Waals surface area (Å²) in [5.74, 6) is 0. The van der Waals surface area contributed by atoms with E-state index in [4.69, 9.17) is 0 Å². The second-order valence-corrected chi connectivity index (χ2v) is 20.3. The number of hydrogen-bond acceptors (Lipinski definition) is 3. The van der Waals surface area contributed by atoms with Crippen LogP contribution in [0.15, 0.2) is 303 Å². The fraction of sp³-hybridized carbons (Fsp3) is 0.0137. The average Bonchev–Trinajstić information content (AvgIpc) is 4.01. The van der Waals surface area contributed by atoms with Crippen molar-refractivity contribution in [2.24, 2.45) is 0 Å². The number of hydrogen-bond donors (Lipinski definition) is 0. The van der Waals surface area contributed by atoms with E-state index in [0.717, 1.165) is 39.6 Å². The van der Waals surface area contributed by atoms with Gasteiger partial charge >= 0.3 is 6.98 Å². The van der Waals surface area contributed by atoms with Crippen LogP contribution >= 0.6 is 0 Å². The van der Waals surface area contributed by atoms with Gasteiger partial charge in [-0.1, -0.05) is 237 Å². The summed E-state index contributed by atoms with van der Waals surface area (Å²) in [6, 6.07) is 112. The van der Waals surface area contributed by atoms with Gasteiger partial charge in [-0.05, 0) is 133 Å². The molecule has 77 heavy (non-hydrogen) atoms. The predicted octanol–water partition coefficient (Wildman–Crippen LogP) is 18.2. The van der Waals surface area contributed by atoms with Gasteiger partial charge in [0, 0.05) is 50.8 Å². The minimum absolute atomic E-state index is 0.123. The Morgan fingerprint density at radius 2 is 0.740 bits per heavy atom. The van der Waals surface area contributed by atoms with Crippen LogP contribution in [0.1, 0.15) is 22.3 Å². The third-order valence-corrected chi connectivity index (χ3v) is 16.3. The molecule has 0 spiro atoms. The van der Waals surface area contributed by atoms with Gasteiger partial charge in [0.05, 0.1) is 11.1 Å². The molecule has 0 saturated heterocycles. The summed E-state index contributed by atoms with van der Waals surface area (Å²) >= 11 is 0. The maximum atomic E-state index is 2.55. The van der Waals surface area contributed by atoms with Gasteiger partial charge in [0.25, 0.3) is 0 Å². The molecule has 0 saturated carbocycles. The van der Waals surface area contributed by atoms with Crippen LogP contribution in [-0.4, -0.2) is 6.98 Å². The zero-order chi connectivity index (χ0) is 50.9. The van der Waals surface area contributed by atoms with Crippen molar-refractivity contribution in [2.45, 2.75) is 5.41 Å². The third kappa shape index (κ3) is 6.99. The number of rotatable bonds is 9. The van der Waals surface area contributed by atoms with E-state index in [-0.39, 0.29) is 6.98 Å². The van der Waals surface area contributed by atoms with Crippen molar-refractivity contribution in [3.05, 3.63) is 326 Å². The fourth-order valence-electron chi connectivity index (χ4n) is 13.1. The van der Waals surface area contributed by atoms with E-state index in [1.807, 2.05) is 0 Å². The lowest BCUT2D eigenvalue weighted by Crippen LogP contribution is -2.61. The molecule has 0 bridgehead atoms. The van der Waals surface area contributed by atoms with Crippen molar-refractivity contribution in [3.63, 3.8) is 0 Å². The normalized spacial score (nSPS) is 13.2. The van der Waals surface area contributed by atoms with Crippen molar-refractivity contribution >= 4 is 52.3 Å². The Kier molecular flexibility index (Phi) is 10.5. The maximum Gasteiger partial charge on any atom is 0.421 e. The van der Waals surface area contributed by atoms with E-state index in [9.17, 15) is 0 Å². The van der Waals surface area contributed by atoms with Crippen LogP contribution in [0.25, 0.3) is 55.6 Å². The van der Waals surface area contributed by atoms with Crippen molar-refractivity contribution in [2.75, 3.05) is 14.5 Å². The molecule has 3 aliphatic rings. The van der Waals surface area contributed by atoms with Gasteiger partial charge in [0.2, 0.25) is 0 Å². The van der Waals surface area contributed by atoms with Crippen LogP contribution in [0.2, 0.25) is 0 Å². The maximum absolute atomic E-state index is 2.55. The Bertz CT molecular complexity index is 4110. The first-order valence-corrected chi connectivity index (χ1v) is 26.7. The summed E-state index contributed by atoms with van der Waals surface area (Å²) in [5.41, 5.74) is 26.0. The van der Waals surface area contributed by atoms with Crippen LogP contribution in [0.5, 0.6) is 0 Å². The molecule has 2 aliphatic heterocycles. The topological polar surface area (TPSA) is 9.72 Å². The summed E-state index contributed by atoms with van der Waals surface area (Å²) in [6.07, 6.45) is 0. The standard InChI is InChI=1S/C73H50BN3/c1-5-22-51(23-6-1)54-24-19-31-60(50-54)75(70-41-21-38-67-71(70)65-34-13-16-37-66(65)73(67,55-25-7-2-8-26-55)56-27-9-3-10-28-56)57-46-42-52(43-47-57)53-44-48-59(49-45-53)77-69-40-18-15-33-62(69)64-36-20-35-63-61-32-14-17-39-68(61)76(74(77)72(63)64)58-29-11-4-12-30-58/h1-50H. The van der Waals surface area contributed by atoms with E-state index in [1.54, 1.807) is 0 Å². The lowest BCUT2D eigenvalue weighted by Gasteiger charge is -2.47. The quantitative estimate of drug-likeness (QED) is 0.133. The summed E-state index contributed by atoms with van der Waals surface area (Å²) in [6.45, 7) is -0.123. The van der Waals surface area contributed by atoms with Gasteiger partial charge in [0.15, 0.2) is 0 Å². The van der Waals surface area contributed by atoms with E-state index in [1.165, 1.54) is 83.6 Å². The molecule has 0 aromatic heterocycles. The van der Waals surface area contributed by atoms with Gasteiger partial charge < -0.3 is 14.5 Å². The minimum atomic E-state index is -0.526. The summed E-state index contributed by atoms with van der Waals surface area (Å²) in [4.78, 5) is 7.57. The number of para-hydroxylation sites is 3. The van der Waals surface area contributed by atoms with Crippen LogP contribution in [-0.2, 0) is 5.41 Å². The number of nitrogens with zero attached hydrogens (tertiary/aromatic N) is 3. The first-order valence-electron chi connectivity index (χ1n) is 26.7. The van der Waals surface area contributed by atoms with Crippen molar-refractivity contribution in [1.82, 2.24) is 0 Å². The molecule has 0 atom stereocenters. The molecule has 0 radical (unpaired) electrons. The van der Waals surface area contributed by atoms with E-state index in [2.05, 4.69) is 318 Å². The Hall–Kier alpha value is -9.90. The molecule has 0 fully saturated rings. The van der Waals surface area contributed by atoms with Crippen molar-refractivity contribution in [1.29, 1.82) is 0 Å². The molecule has 0 unspecified atom stereocenters. The molecule has 2 heterocycles. The number of fused-ring (bicyclic) bond motifs is 7. The van der Waals surface area contributed by atoms with E-state index < -0.39 is 5.41 Å². The Labute approximate surface area is 451 Å². The van der Waals surface area contributed by atoms with Gasteiger partial charge in [0.1, 0.15) is 0 Å². The molecule has 4 heteroatoms. The molecule has 1 aliphatic carbocycles. The molecule has 360 valence electrons. The van der Waals surface area contributed by atoms with Crippen LogP contribution in [0, 0.1) is 0 Å². The summed E-state index contributed by atoms with van der Waals surface area (Å²) in [5, 5.41) is 0. The van der Waals surface area contributed by atoms with Gasteiger partial charge in [-0.3, -0.25) is 0 Å². The molecule has 0 N–H and O–H groups in total. The molecule has 15 rings (SSSR count). The lowest BCUT2D eigenvalue weighted by molar-refractivity contribution is 0.768. The molecule has 0 amide bonds. The highest BCUT2D eigenvalue weighted by Crippen LogP contribution is 2.60. The zero-order valence-corrected chi connectivity index (χ0v) is 42.3. The monoisotopic (exact) mass is 979 g/mol. The highest BCUT2D eigenvalue weighted by Gasteiger charge is 2.48. The minimum Gasteiger partial charge on any atom is -0.361 e. The average molecular weight is 980 g/mol. The Morgan fingerprint density at radius 3 is 1.36 bits per heavy atom.